The van der Waals surface area contributed by atoms with Crippen molar-refractivity contribution in [3.8, 4) is 0 Å². The van der Waals surface area contributed by atoms with Gasteiger partial charge in [-0.1, -0.05) is 0 Å². The average Bonchev–Trinajstić information content (AvgIpc) is 2.38. The fourth-order valence-corrected chi connectivity index (χ4v) is 1.68. The number of morpholine rings is 1. The number of primary amides is 1. The molecule has 0 atom stereocenters. The number of anilines is 3. The predicted molar refractivity (Wildman–Crippen MR) is 74.2 cm³/mol. The van der Waals surface area contributed by atoms with E-state index in [0.29, 0.717) is 32.3 Å². The number of nitrogens with zero attached hydrogens (tertiary/aromatic N) is 4. The Kier molecular flexibility index (Phi) is 3.89. The molecule has 1 fully saturated rings. The second-order valence-corrected chi connectivity index (χ2v) is 5.03. The van der Waals surface area contributed by atoms with E-state index in [0.717, 1.165) is 0 Å². The second kappa shape index (κ2) is 5.45. The van der Waals surface area contributed by atoms with Crippen LogP contribution in [0.2, 0.25) is 0 Å². The first-order chi connectivity index (χ1) is 9.38. The Labute approximate surface area is 116 Å². The Morgan fingerprint density at radius 3 is 2.55 bits per heavy atom. The van der Waals surface area contributed by atoms with Crippen LogP contribution < -0.4 is 21.7 Å². The van der Waals surface area contributed by atoms with E-state index >= 15 is 0 Å². The van der Waals surface area contributed by atoms with Crippen LogP contribution in [0.15, 0.2) is 0 Å². The summed E-state index contributed by atoms with van der Waals surface area (Å²) in [5, 5.41) is 2.86. The number of carbonyl (C=O) groups is 1. The predicted octanol–water partition coefficient (Wildman–Crippen LogP) is -1.03. The fraction of sp³-hybridized carbons (Fsp3) is 0.636. The van der Waals surface area contributed by atoms with E-state index < -0.39 is 11.4 Å². The molecule has 1 aliphatic rings. The van der Waals surface area contributed by atoms with Gasteiger partial charge in [0.15, 0.2) is 0 Å². The Morgan fingerprint density at radius 1 is 1.30 bits per heavy atom. The molecule has 0 saturated carbocycles. The van der Waals surface area contributed by atoms with Crippen LogP contribution in [0.25, 0.3) is 0 Å². The van der Waals surface area contributed by atoms with E-state index in [4.69, 9.17) is 16.2 Å². The van der Waals surface area contributed by atoms with Gasteiger partial charge < -0.3 is 26.4 Å². The van der Waals surface area contributed by atoms with Crippen LogP contribution in [-0.4, -0.2) is 52.7 Å². The molecule has 0 bridgehead atoms. The van der Waals surface area contributed by atoms with Gasteiger partial charge in [-0.2, -0.15) is 15.0 Å². The van der Waals surface area contributed by atoms with Gasteiger partial charge in [-0.15, -0.1) is 0 Å². The molecule has 1 aliphatic heterocycles. The van der Waals surface area contributed by atoms with Crippen LogP contribution in [0.3, 0.4) is 0 Å². The highest BCUT2D eigenvalue weighted by molar-refractivity contribution is 5.86. The third-order valence-electron chi connectivity index (χ3n) is 2.98. The van der Waals surface area contributed by atoms with Crippen molar-refractivity contribution < 1.29 is 9.53 Å². The second-order valence-electron chi connectivity index (χ2n) is 5.03. The average molecular weight is 281 g/mol. The maximum absolute atomic E-state index is 11.3. The smallest absolute Gasteiger partial charge is 0.242 e. The summed E-state index contributed by atoms with van der Waals surface area (Å²) in [6, 6.07) is 0. The molecule has 0 radical (unpaired) electrons. The number of rotatable bonds is 4. The quantitative estimate of drug-likeness (QED) is 0.638. The molecule has 1 aromatic heterocycles. The lowest BCUT2D eigenvalue weighted by atomic mass is 10.1. The molecule has 0 aliphatic carbocycles. The van der Waals surface area contributed by atoms with E-state index in [9.17, 15) is 4.79 Å². The number of ether oxygens (including phenoxy) is 1. The zero-order valence-electron chi connectivity index (χ0n) is 11.6. The summed E-state index contributed by atoms with van der Waals surface area (Å²) in [5.41, 5.74) is 10.0. The van der Waals surface area contributed by atoms with Gasteiger partial charge in [-0.05, 0) is 13.8 Å². The van der Waals surface area contributed by atoms with Crippen molar-refractivity contribution in [2.24, 2.45) is 5.73 Å². The maximum atomic E-state index is 11.3. The van der Waals surface area contributed by atoms with Crippen LogP contribution >= 0.6 is 0 Å². The molecule has 20 heavy (non-hydrogen) atoms. The standard InChI is InChI=1S/C11H19N7O2/c1-11(2,7(12)19)17-9-14-8(13)15-10(16-9)18-3-5-20-6-4-18/h3-6H2,1-2H3,(H2,12,19)(H3,13,14,15,16,17). The Bertz CT molecular complexity index is 500. The SMILES string of the molecule is CC(C)(Nc1nc(N)nc(N2CCOCC2)n1)C(N)=O. The van der Waals surface area contributed by atoms with Gasteiger partial charge >= 0.3 is 0 Å². The van der Waals surface area contributed by atoms with Crippen molar-refractivity contribution >= 4 is 23.8 Å². The summed E-state index contributed by atoms with van der Waals surface area (Å²) in [6.45, 7) is 5.87. The van der Waals surface area contributed by atoms with Crippen LogP contribution in [-0.2, 0) is 9.53 Å². The molecule has 5 N–H and O–H groups in total. The van der Waals surface area contributed by atoms with Gasteiger partial charge in [0, 0.05) is 13.1 Å². The number of nitrogen functional groups attached to an aromatic ring is 1. The zero-order valence-corrected chi connectivity index (χ0v) is 11.6. The van der Waals surface area contributed by atoms with Gasteiger partial charge in [0.2, 0.25) is 23.8 Å². The van der Waals surface area contributed by atoms with Crippen molar-refractivity contribution in [2.75, 3.05) is 42.3 Å². The van der Waals surface area contributed by atoms with Gasteiger partial charge in [0.25, 0.3) is 0 Å². The third-order valence-corrected chi connectivity index (χ3v) is 2.98. The highest BCUT2D eigenvalue weighted by Crippen LogP contribution is 2.16. The molecule has 0 aromatic carbocycles. The van der Waals surface area contributed by atoms with E-state index in [1.165, 1.54) is 0 Å². The zero-order chi connectivity index (χ0) is 14.8. The molecule has 2 heterocycles. The number of amides is 1. The van der Waals surface area contributed by atoms with Crippen molar-refractivity contribution in [2.45, 2.75) is 19.4 Å². The molecule has 2 rings (SSSR count). The Morgan fingerprint density at radius 2 is 1.95 bits per heavy atom. The minimum absolute atomic E-state index is 0.0873. The summed E-state index contributed by atoms with van der Waals surface area (Å²) in [7, 11) is 0. The first-order valence-corrected chi connectivity index (χ1v) is 6.31. The number of hydrogen-bond acceptors (Lipinski definition) is 8. The lowest BCUT2D eigenvalue weighted by molar-refractivity contribution is -0.121. The topological polar surface area (TPSA) is 132 Å². The molecule has 1 saturated heterocycles. The highest BCUT2D eigenvalue weighted by atomic mass is 16.5. The Hall–Kier alpha value is -2.16. The van der Waals surface area contributed by atoms with Crippen molar-refractivity contribution in [3.63, 3.8) is 0 Å². The van der Waals surface area contributed by atoms with E-state index in [2.05, 4.69) is 20.3 Å². The number of carbonyl (C=O) groups excluding carboxylic acids is 1. The van der Waals surface area contributed by atoms with Crippen LogP contribution in [0, 0.1) is 0 Å². The monoisotopic (exact) mass is 281 g/mol. The van der Waals surface area contributed by atoms with Crippen LogP contribution in [0.5, 0.6) is 0 Å². The molecular weight excluding hydrogens is 262 g/mol. The Balaban J connectivity index is 2.22. The molecule has 110 valence electrons. The molecule has 9 heteroatoms. The van der Waals surface area contributed by atoms with Gasteiger partial charge in [0.05, 0.1) is 13.2 Å². The van der Waals surface area contributed by atoms with E-state index in [1.807, 2.05) is 4.90 Å². The number of nitrogens with one attached hydrogen (secondary N) is 1. The molecule has 9 nitrogen and oxygen atoms in total. The molecular formula is C11H19N7O2. The van der Waals surface area contributed by atoms with E-state index in [-0.39, 0.29) is 11.9 Å². The van der Waals surface area contributed by atoms with Gasteiger partial charge in [0.1, 0.15) is 5.54 Å². The normalized spacial score (nSPS) is 16.0. The largest absolute Gasteiger partial charge is 0.378 e. The number of aromatic nitrogens is 3. The minimum atomic E-state index is -0.976. The summed E-state index contributed by atoms with van der Waals surface area (Å²) in [6.07, 6.45) is 0. The minimum Gasteiger partial charge on any atom is -0.378 e. The van der Waals surface area contributed by atoms with Crippen LogP contribution in [0.1, 0.15) is 13.8 Å². The van der Waals surface area contributed by atoms with Crippen molar-refractivity contribution in [1.29, 1.82) is 0 Å². The van der Waals surface area contributed by atoms with Crippen LogP contribution in [0.4, 0.5) is 17.8 Å². The lowest BCUT2D eigenvalue weighted by Crippen LogP contribution is -2.45. The summed E-state index contributed by atoms with van der Waals surface area (Å²) >= 11 is 0. The number of hydrogen-bond donors (Lipinski definition) is 3. The van der Waals surface area contributed by atoms with Gasteiger partial charge in [-0.25, -0.2) is 0 Å². The van der Waals surface area contributed by atoms with Gasteiger partial charge in [-0.3, -0.25) is 4.79 Å². The summed E-state index contributed by atoms with van der Waals surface area (Å²) < 4.78 is 5.27. The summed E-state index contributed by atoms with van der Waals surface area (Å²) in [5.74, 6) is 0.264. The third kappa shape index (κ3) is 3.23. The van der Waals surface area contributed by atoms with Crippen molar-refractivity contribution in [3.05, 3.63) is 0 Å². The first-order valence-electron chi connectivity index (χ1n) is 6.31. The number of nitrogens with two attached hydrogens (primary N) is 2. The highest BCUT2D eigenvalue weighted by Gasteiger charge is 2.26. The molecule has 1 aromatic rings. The molecule has 0 spiro atoms. The van der Waals surface area contributed by atoms with E-state index in [1.54, 1.807) is 13.8 Å². The fourth-order valence-electron chi connectivity index (χ4n) is 1.68. The van der Waals surface area contributed by atoms with Crippen molar-refractivity contribution in [1.82, 2.24) is 15.0 Å². The molecule has 1 amide bonds. The molecule has 0 unspecified atom stereocenters. The first kappa shape index (κ1) is 14.3. The summed E-state index contributed by atoms with van der Waals surface area (Å²) in [4.78, 5) is 25.6. The lowest BCUT2D eigenvalue weighted by Gasteiger charge is -2.27. The maximum Gasteiger partial charge on any atom is 0.242 e.